The van der Waals surface area contributed by atoms with Gasteiger partial charge in [0.25, 0.3) is 0 Å². The molecular formula is C28H34N2O5S. The summed E-state index contributed by atoms with van der Waals surface area (Å²) in [5, 5.41) is 28.7. The molecule has 1 aliphatic rings. The van der Waals surface area contributed by atoms with Gasteiger partial charge in [-0.25, -0.2) is 13.6 Å². The molecule has 1 fully saturated rings. The van der Waals surface area contributed by atoms with Crippen LogP contribution >= 0.6 is 0 Å². The van der Waals surface area contributed by atoms with Crippen molar-refractivity contribution in [1.82, 2.24) is 5.32 Å². The first-order valence-electron chi connectivity index (χ1n) is 12.3. The lowest BCUT2D eigenvalue weighted by Gasteiger charge is -2.30. The summed E-state index contributed by atoms with van der Waals surface area (Å²) in [5.41, 5.74) is 4.01. The summed E-state index contributed by atoms with van der Waals surface area (Å²) >= 11 is 0. The molecule has 0 saturated heterocycles. The molecule has 3 aromatic rings. The first-order valence-corrected chi connectivity index (χ1v) is 14.0. The first-order chi connectivity index (χ1) is 17.3. The molecule has 0 radical (unpaired) electrons. The molecule has 0 heterocycles. The third-order valence-electron chi connectivity index (χ3n) is 6.71. The van der Waals surface area contributed by atoms with Gasteiger partial charge in [0.15, 0.2) is 0 Å². The van der Waals surface area contributed by atoms with Crippen LogP contribution in [-0.4, -0.2) is 43.9 Å². The predicted octanol–water partition coefficient (Wildman–Crippen LogP) is 3.90. The summed E-state index contributed by atoms with van der Waals surface area (Å²) < 4.78 is 28.2. The molecule has 8 heteroatoms. The summed E-state index contributed by atoms with van der Waals surface area (Å²) in [7, 11) is -3.78. The Bertz CT molecular complexity index is 1220. The van der Waals surface area contributed by atoms with Gasteiger partial charge in [0.2, 0.25) is 10.0 Å². The Labute approximate surface area is 213 Å². The van der Waals surface area contributed by atoms with Gasteiger partial charge < -0.3 is 20.3 Å². The van der Waals surface area contributed by atoms with Crippen LogP contribution < -0.4 is 15.2 Å². The average Bonchev–Trinajstić information content (AvgIpc) is 2.88. The maximum atomic E-state index is 11.3. The van der Waals surface area contributed by atoms with Gasteiger partial charge in [0.05, 0.1) is 5.75 Å². The quantitative estimate of drug-likeness (QED) is 0.328. The number of hydrogen-bond acceptors (Lipinski definition) is 6. The van der Waals surface area contributed by atoms with E-state index in [1.54, 1.807) is 0 Å². The van der Waals surface area contributed by atoms with Crippen LogP contribution in [0.1, 0.15) is 42.7 Å². The van der Waals surface area contributed by atoms with E-state index in [0.717, 1.165) is 25.7 Å². The number of phenols is 1. The van der Waals surface area contributed by atoms with E-state index in [-0.39, 0.29) is 17.9 Å². The molecule has 1 saturated carbocycles. The normalized spacial score (nSPS) is 19.1. The molecule has 0 unspecified atom stereocenters. The van der Waals surface area contributed by atoms with E-state index in [2.05, 4.69) is 53.8 Å². The minimum absolute atomic E-state index is 0.0513. The van der Waals surface area contributed by atoms with Gasteiger partial charge in [-0.15, -0.1) is 0 Å². The number of benzene rings is 3. The zero-order valence-electron chi connectivity index (χ0n) is 20.2. The molecule has 192 valence electrons. The lowest BCUT2D eigenvalue weighted by molar-refractivity contribution is 0.101. The Kier molecular flexibility index (Phi) is 8.64. The lowest BCUT2D eigenvalue weighted by atomic mass is 9.81. The van der Waals surface area contributed by atoms with Gasteiger partial charge in [0, 0.05) is 18.2 Å². The minimum Gasteiger partial charge on any atom is -0.508 e. The molecule has 3 aromatic carbocycles. The third kappa shape index (κ3) is 7.54. The number of ether oxygens (including phenoxy) is 1. The van der Waals surface area contributed by atoms with Crippen LogP contribution in [-0.2, 0) is 15.8 Å². The van der Waals surface area contributed by atoms with Gasteiger partial charge in [-0.05, 0) is 66.5 Å². The number of nitrogens with two attached hydrogens (primary N) is 1. The van der Waals surface area contributed by atoms with Crippen LogP contribution in [0.15, 0.2) is 72.8 Å². The Hall–Kier alpha value is -2.91. The van der Waals surface area contributed by atoms with Crippen molar-refractivity contribution in [3.8, 4) is 22.6 Å². The fourth-order valence-corrected chi connectivity index (χ4v) is 5.41. The number of aliphatic hydroxyl groups excluding tert-OH is 1. The Balaban J connectivity index is 1.19. The monoisotopic (exact) mass is 510 g/mol. The fourth-order valence-electron chi connectivity index (χ4n) is 4.75. The van der Waals surface area contributed by atoms with E-state index in [4.69, 9.17) is 9.88 Å². The second-order valence-electron chi connectivity index (χ2n) is 9.51. The van der Waals surface area contributed by atoms with Gasteiger partial charge in [-0.1, -0.05) is 54.6 Å². The van der Waals surface area contributed by atoms with Gasteiger partial charge in [0.1, 0.15) is 24.2 Å². The second kappa shape index (κ2) is 11.9. The maximum Gasteiger partial charge on any atom is 0.213 e. The molecule has 0 bridgehead atoms. The van der Waals surface area contributed by atoms with E-state index in [9.17, 15) is 18.6 Å². The van der Waals surface area contributed by atoms with Crippen molar-refractivity contribution in [2.45, 2.75) is 49.5 Å². The van der Waals surface area contributed by atoms with Gasteiger partial charge >= 0.3 is 0 Å². The number of hydrogen-bond donors (Lipinski definition) is 4. The number of sulfonamides is 1. The minimum atomic E-state index is -3.78. The molecule has 0 amide bonds. The summed E-state index contributed by atoms with van der Waals surface area (Å²) in [6.45, 7) is 0.457. The number of primary sulfonamides is 1. The van der Waals surface area contributed by atoms with Crippen molar-refractivity contribution in [3.05, 3.63) is 83.9 Å². The van der Waals surface area contributed by atoms with E-state index in [1.165, 1.54) is 34.9 Å². The number of rotatable bonds is 10. The summed E-state index contributed by atoms with van der Waals surface area (Å²) in [4.78, 5) is 0. The molecule has 0 spiro atoms. The molecule has 5 N–H and O–H groups in total. The number of aromatic hydroxyl groups is 1. The number of nitrogens with one attached hydrogen (secondary N) is 1. The standard InChI is InChI=1S/C28H34N2O5S/c29-36(33,34)19-24-16-27(14-15-28(24)32)35-18-26(31)17-30-25-12-10-23(11-13-25)22-8-6-21(7-9-22)20-4-2-1-3-5-20/h1-9,14-16,23,25-26,30-32H,10-13,17-19H2,(H2,29,33,34)/t23?,25?,26-/m0/s1. The molecule has 0 aromatic heterocycles. The van der Waals surface area contributed by atoms with Crippen molar-refractivity contribution in [2.24, 2.45) is 5.14 Å². The summed E-state index contributed by atoms with van der Waals surface area (Å²) in [5.74, 6) is 0.271. The molecule has 1 atom stereocenters. The Morgan fingerprint density at radius 1 is 0.944 bits per heavy atom. The summed E-state index contributed by atoms with van der Waals surface area (Å²) in [6.07, 6.45) is 3.59. The van der Waals surface area contributed by atoms with Gasteiger partial charge in [-0.3, -0.25) is 0 Å². The van der Waals surface area contributed by atoms with E-state index in [1.807, 2.05) is 6.07 Å². The zero-order chi connectivity index (χ0) is 25.5. The van der Waals surface area contributed by atoms with E-state index in [0.29, 0.717) is 24.3 Å². The van der Waals surface area contributed by atoms with E-state index < -0.39 is 21.9 Å². The zero-order valence-corrected chi connectivity index (χ0v) is 21.0. The highest BCUT2D eigenvalue weighted by Gasteiger charge is 2.23. The Morgan fingerprint density at radius 3 is 2.28 bits per heavy atom. The van der Waals surface area contributed by atoms with Crippen molar-refractivity contribution in [1.29, 1.82) is 0 Å². The van der Waals surface area contributed by atoms with E-state index >= 15 is 0 Å². The van der Waals surface area contributed by atoms with Crippen LogP contribution in [0.4, 0.5) is 0 Å². The van der Waals surface area contributed by atoms with Gasteiger partial charge in [-0.2, -0.15) is 0 Å². The smallest absolute Gasteiger partial charge is 0.213 e. The molecule has 36 heavy (non-hydrogen) atoms. The largest absolute Gasteiger partial charge is 0.508 e. The van der Waals surface area contributed by atoms with Crippen LogP contribution in [0.5, 0.6) is 11.5 Å². The highest BCUT2D eigenvalue weighted by Crippen LogP contribution is 2.34. The fraction of sp³-hybridized carbons (Fsp3) is 0.357. The maximum absolute atomic E-state index is 11.3. The third-order valence-corrected chi connectivity index (χ3v) is 7.42. The highest BCUT2D eigenvalue weighted by atomic mass is 32.2. The Morgan fingerprint density at radius 2 is 1.61 bits per heavy atom. The lowest BCUT2D eigenvalue weighted by Crippen LogP contribution is -2.39. The first kappa shape index (κ1) is 26.2. The van der Waals surface area contributed by atoms with Crippen molar-refractivity contribution in [3.63, 3.8) is 0 Å². The van der Waals surface area contributed by atoms with Crippen LogP contribution in [0.25, 0.3) is 11.1 Å². The van der Waals surface area contributed by atoms with Crippen LogP contribution in [0.2, 0.25) is 0 Å². The van der Waals surface area contributed by atoms with Crippen molar-refractivity contribution < 1.29 is 23.4 Å². The predicted molar refractivity (Wildman–Crippen MR) is 141 cm³/mol. The number of phenolic OH excluding ortho intramolecular Hbond substituents is 1. The number of aliphatic hydroxyl groups is 1. The van der Waals surface area contributed by atoms with Crippen LogP contribution in [0.3, 0.4) is 0 Å². The van der Waals surface area contributed by atoms with Crippen LogP contribution in [0, 0.1) is 0 Å². The summed E-state index contributed by atoms with van der Waals surface area (Å²) in [6, 6.07) is 24.0. The molecule has 7 nitrogen and oxygen atoms in total. The average molecular weight is 511 g/mol. The SMILES string of the molecule is NS(=O)(=O)Cc1cc(OC[C@@H](O)CNC2CCC(c3ccc(-c4ccccc4)cc3)CC2)ccc1O. The second-order valence-corrected chi connectivity index (χ2v) is 11.1. The topological polar surface area (TPSA) is 122 Å². The van der Waals surface area contributed by atoms with Crippen molar-refractivity contribution >= 4 is 10.0 Å². The van der Waals surface area contributed by atoms with Crippen molar-refractivity contribution in [2.75, 3.05) is 13.2 Å². The molecular weight excluding hydrogens is 476 g/mol. The molecule has 0 aliphatic heterocycles. The highest BCUT2D eigenvalue weighted by molar-refractivity contribution is 7.88. The molecule has 4 rings (SSSR count). The molecule has 1 aliphatic carbocycles.